The number of carbonyl (C=O) groups excluding carboxylic acids is 1. The van der Waals surface area contributed by atoms with E-state index in [0.29, 0.717) is 22.7 Å². The Bertz CT molecular complexity index is 967. The lowest BCUT2D eigenvalue weighted by molar-refractivity contribution is -0.165. The Morgan fingerprint density at radius 1 is 1.10 bits per heavy atom. The molecular weight excluding hydrogens is 380 g/mol. The predicted octanol–water partition coefficient (Wildman–Crippen LogP) is 2.37. The van der Waals surface area contributed by atoms with Crippen molar-refractivity contribution in [3.63, 3.8) is 0 Å². The second-order valence-electron chi connectivity index (χ2n) is 6.44. The molecule has 1 aliphatic rings. The van der Waals surface area contributed by atoms with Gasteiger partial charge in [0.05, 0.1) is 24.8 Å². The monoisotopic (exact) mass is 398 g/mol. The van der Waals surface area contributed by atoms with Crippen LogP contribution in [0, 0.1) is 0 Å². The summed E-state index contributed by atoms with van der Waals surface area (Å²) in [6, 6.07) is 12.4. The molecule has 9 nitrogen and oxygen atoms in total. The molecule has 9 heteroatoms. The van der Waals surface area contributed by atoms with E-state index in [2.05, 4.69) is 10.5 Å². The predicted molar refractivity (Wildman–Crippen MR) is 102 cm³/mol. The van der Waals surface area contributed by atoms with E-state index in [1.807, 2.05) is 0 Å². The first-order valence-electron chi connectivity index (χ1n) is 8.59. The largest absolute Gasteiger partial charge is 0.497 e. The molecule has 0 unspecified atom stereocenters. The third-order valence-electron chi connectivity index (χ3n) is 4.46. The molecule has 0 saturated heterocycles. The van der Waals surface area contributed by atoms with Gasteiger partial charge >= 0.3 is 11.9 Å². The maximum absolute atomic E-state index is 12.4. The highest BCUT2D eigenvalue weighted by molar-refractivity contribution is 6.06. The summed E-state index contributed by atoms with van der Waals surface area (Å²) in [5, 5.41) is 25.0. The number of nitrogens with zero attached hydrogens (tertiary/aromatic N) is 1. The molecular formula is C20H18N2O7. The third kappa shape index (κ3) is 4.34. The van der Waals surface area contributed by atoms with Crippen LogP contribution in [-0.2, 0) is 14.4 Å². The van der Waals surface area contributed by atoms with Crippen LogP contribution < -0.4 is 10.1 Å². The highest BCUT2D eigenvalue weighted by Gasteiger charge is 2.49. The molecule has 0 bridgehead atoms. The highest BCUT2D eigenvalue weighted by Crippen LogP contribution is 2.31. The molecule has 0 fully saturated rings. The number of amides is 1. The van der Waals surface area contributed by atoms with Crippen LogP contribution in [0.3, 0.4) is 0 Å². The fraction of sp³-hybridized carbons (Fsp3) is 0.200. The minimum atomic E-state index is -1.82. The molecule has 0 saturated carbocycles. The average Bonchev–Trinajstić information content (AvgIpc) is 3.13. The minimum absolute atomic E-state index is 0.0710. The number of carbonyl (C=O) groups is 3. The van der Waals surface area contributed by atoms with E-state index in [1.165, 1.54) is 31.4 Å². The Kier molecular flexibility index (Phi) is 5.49. The summed E-state index contributed by atoms with van der Waals surface area (Å²) in [7, 11) is 1.54. The van der Waals surface area contributed by atoms with Crippen molar-refractivity contribution < 1.29 is 34.2 Å². The number of hydrogen-bond acceptors (Lipinski definition) is 6. The molecule has 2 aromatic carbocycles. The molecule has 1 aliphatic heterocycles. The summed E-state index contributed by atoms with van der Waals surface area (Å²) in [5.41, 5.74) is -0.330. The molecule has 1 atom stereocenters. The fourth-order valence-electron chi connectivity index (χ4n) is 2.86. The number of benzene rings is 2. The van der Waals surface area contributed by atoms with E-state index < -0.39 is 29.9 Å². The van der Waals surface area contributed by atoms with E-state index in [4.69, 9.17) is 14.7 Å². The Balaban J connectivity index is 1.69. The van der Waals surface area contributed by atoms with Gasteiger partial charge in [0.1, 0.15) is 5.75 Å². The summed E-state index contributed by atoms with van der Waals surface area (Å²) in [6.07, 6.45) is -0.549. The number of aliphatic carboxylic acids is 1. The summed E-state index contributed by atoms with van der Waals surface area (Å²) in [5.74, 6) is -2.34. The zero-order valence-corrected chi connectivity index (χ0v) is 15.4. The SMILES string of the molecule is COc1ccc(C2=NO[C@@](CC(=O)Nc3ccc(C(=O)O)cc3)(C(=O)O)C2)cc1. The number of hydrogen-bond donors (Lipinski definition) is 3. The Hall–Kier alpha value is -3.88. The van der Waals surface area contributed by atoms with Crippen LogP contribution >= 0.6 is 0 Å². The van der Waals surface area contributed by atoms with E-state index in [9.17, 15) is 19.5 Å². The minimum Gasteiger partial charge on any atom is -0.497 e. The molecule has 29 heavy (non-hydrogen) atoms. The van der Waals surface area contributed by atoms with Gasteiger partial charge in [-0.05, 0) is 54.1 Å². The van der Waals surface area contributed by atoms with E-state index in [-0.39, 0.29) is 12.0 Å². The number of oxime groups is 1. The lowest BCUT2D eigenvalue weighted by Gasteiger charge is -2.21. The van der Waals surface area contributed by atoms with Crippen molar-refractivity contribution in [2.75, 3.05) is 12.4 Å². The average molecular weight is 398 g/mol. The molecule has 3 N–H and O–H groups in total. The normalized spacial score (nSPS) is 17.8. The van der Waals surface area contributed by atoms with Gasteiger partial charge in [0.2, 0.25) is 11.5 Å². The molecule has 0 aliphatic carbocycles. The third-order valence-corrected chi connectivity index (χ3v) is 4.46. The van der Waals surface area contributed by atoms with Gasteiger partial charge in [0, 0.05) is 12.1 Å². The number of nitrogens with one attached hydrogen (secondary N) is 1. The number of ether oxygens (including phenoxy) is 1. The number of rotatable bonds is 7. The van der Waals surface area contributed by atoms with Gasteiger partial charge in [0.25, 0.3) is 0 Å². The van der Waals surface area contributed by atoms with Gasteiger partial charge < -0.3 is 25.1 Å². The maximum atomic E-state index is 12.4. The zero-order chi connectivity index (χ0) is 21.0. The summed E-state index contributed by atoms with van der Waals surface area (Å²) in [4.78, 5) is 40.3. The van der Waals surface area contributed by atoms with Crippen LogP contribution in [0.25, 0.3) is 0 Å². The van der Waals surface area contributed by atoms with E-state index >= 15 is 0 Å². The molecule has 0 radical (unpaired) electrons. The lowest BCUT2D eigenvalue weighted by atomic mass is 9.90. The smallest absolute Gasteiger partial charge is 0.351 e. The van der Waals surface area contributed by atoms with E-state index in [0.717, 1.165) is 0 Å². The maximum Gasteiger partial charge on any atom is 0.351 e. The van der Waals surface area contributed by atoms with Crippen molar-refractivity contribution in [3.05, 3.63) is 59.7 Å². The zero-order valence-electron chi connectivity index (χ0n) is 15.4. The van der Waals surface area contributed by atoms with Crippen molar-refractivity contribution >= 4 is 29.2 Å². The van der Waals surface area contributed by atoms with Gasteiger partial charge in [-0.25, -0.2) is 9.59 Å². The van der Waals surface area contributed by atoms with Crippen molar-refractivity contribution in [3.8, 4) is 5.75 Å². The van der Waals surface area contributed by atoms with Crippen LogP contribution in [0.4, 0.5) is 5.69 Å². The quantitative estimate of drug-likeness (QED) is 0.652. The van der Waals surface area contributed by atoms with Crippen LogP contribution in [-0.4, -0.2) is 46.5 Å². The van der Waals surface area contributed by atoms with Crippen LogP contribution in [0.1, 0.15) is 28.8 Å². The number of carboxylic acids is 2. The van der Waals surface area contributed by atoms with Gasteiger partial charge in [-0.15, -0.1) is 0 Å². The molecule has 3 rings (SSSR count). The fourth-order valence-corrected chi connectivity index (χ4v) is 2.86. The molecule has 150 valence electrons. The molecule has 0 spiro atoms. The summed E-state index contributed by atoms with van der Waals surface area (Å²) < 4.78 is 5.09. The Morgan fingerprint density at radius 2 is 1.76 bits per heavy atom. The van der Waals surface area contributed by atoms with Crippen LogP contribution in [0.5, 0.6) is 5.75 Å². The van der Waals surface area contributed by atoms with Crippen LogP contribution in [0.2, 0.25) is 0 Å². The van der Waals surface area contributed by atoms with Crippen molar-refractivity contribution in [2.24, 2.45) is 5.16 Å². The van der Waals surface area contributed by atoms with Gasteiger partial charge in [-0.2, -0.15) is 0 Å². The lowest BCUT2D eigenvalue weighted by Crippen LogP contribution is -2.42. The highest BCUT2D eigenvalue weighted by atomic mass is 16.7. The molecule has 0 aromatic heterocycles. The van der Waals surface area contributed by atoms with Crippen molar-refractivity contribution in [2.45, 2.75) is 18.4 Å². The van der Waals surface area contributed by atoms with E-state index in [1.54, 1.807) is 24.3 Å². The standard InChI is InChI=1S/C20H18N2O7/c1-28-15-8-4-12(5-9-15)16-10-20(19(26)27,29-22-16)11-17(23)21-14-6-2-13(3-7-14)18(24)25/h2-9H,10-11H2,1H3,(H,21,23)(H,24,25)(H,26,27)/t20-/m0/s1. The number of carboxylic acid groups (broad SMARTS) is 2. The summed E-state index contributed by atoms with van der Waals surface area (Å²) >= 11 is 0. The van der Waals surface area contributed by atoms with Gasteiger partial charge in [0.15, 0.2) is 0 Å². The van der Waals surface area contributed by atoms with Gasteiger partial charge in [-0.3, -0.25) is 4.79 Å². The first-order valence-corrected chi connectivity index (χ1v) is 8.59. The van der Waals surface area contributed by atoms with Gasteiger partial charge in [-0.1, -0.05) is 5.16 Å². The number of methoxy groups -OCH3 is 1. The molecule has 1 heterocycles. The second-order valence-corrected chi connectivity index (χ2v) is 6.44. The molecule has 2 aromatic rings. The first kappa shape index (κ1) is 19.9. The van der Waals surface area contributed by atoms with Crippen LogP contribution in [0.15, 0.2) is 53.7 Å². The number of anilines is 1. The number of aromatic carboxylic acids is 1. The topological polar surface area (TPSA) is 135 Å². The second kappa shape index (κ2) is 8.01. The summed E-state index contributed by atoms with van der Waals surface area (Å²) in [6.45, 7) is 0. The molecule has 1 amide bonds. The Morgan fingerprint density at radius 3 is 2.31 bits per heavy atom. The Labute approximate surface area is 165 Å². The van der Waals surface area contributed by atoms with Crippen molar-refractivity contribution in [1.29, 1.82) is 0 Å². The van der Waals surface area contributed by atoms with Crippen molar-refractivity contribution in [1.82, 2.24) is 0 Å². The first-order chi connectivity index (χ1) is 13.8.